The Hall–Kier alpha value is -5.53. The third kappa shape index (κ3) is 6.62. The monoisotopic (exact) mass is 525 g/mol. The molecule has 0 spiro atoms. The first kappa shape index (κ1) is 26.5. The smallest absolute Gasteiger partial charge is 0.361 e. The number of nitrogens with one attached hydrogen (secondary N) is 4. The number of nitro groups is 1. The highest BCUT2D eigenvalue weighted by atomic mass is 16.6. The van der Waals surface area contributed by atoms with Gasteiger partial charge in [0.2, 0.25) is 5.91 Å². The Morgan fingerprint density at radius 1 is 1.36 bits per heavy atom. The number of nitrogens with zero attached hydrogens (tertiary/aromatic N) is 6. The van der Waals surface area contributed by atoms with Crippen LogP contribution in [0.5, 0.6) is 0 Å². The molecule has 2 aromatic heterocycles. The number of benzene rings is 1. The lowest BCUT2D eigenvalue weighted by molar-refractivity contribution is -0.898. The van der Waals surface area contributed by atoms with E-state index in [9.17, 15) is 14.9 Å². The van der Waals surface area contributed by atoms with Crippen molar-refractivity contribution in [1.82, 2.24) is 20.3 Å². The minimum Gasteiger partial charge on any atom is -0.361 e. The SMILES string of the molecule is C#Cc1cccc(NC2NC=Nc3cnc(NC(=O)/C=C/C[N+](C)(C)Cc4[nH]c(C#N)nc4[N+](=O)[O-])cc32)c1. The van der Waals surface area contributed by atoms with E-state index in [4.69, 9.17) is 11.7 Å². The Bertz CT molecular complexity index is 1560. The molecule has 0 bridgehead atoms. The number of aromatic nitrogens is 3. The van der Waals surface area contributed by atoms with Crippen molar-refractivity contribution in [3.63, 3.8) is 0 Å². The number of quaternary nitrogens is 1. The molecule has 0 saturated carbocycles. The number of nitriles is 1. The number of hydrogen-bond donors (Lipinski definition) is 4. The third-order valence-electron chi connectivity index (χ3n) is 5.75. The summed E-state index contributed by atoms with van der Waals surface area (Å²) >= 11 is 0. The number of carbonyl (C=O) groups excluding carboxylic acids is 1. The number of anilines is 2. The predicted octanol–water partition coefficient (Wildman–Crippen LogP) is 2.71. The van der Waals surface area contributed by atoms with Crippen molar-refractivity contribution in [3.05, 3.63) is 81.4 Å². The molecule has 1 unspecified atom stereocenters. The molecule has 1 amide bonds. The number of aliphatic imine (C=N–C) groups is 1. The van der Waals surface area contributed by atoms with E-state index in [1.807, 2.05) is 38.4 Å². The molecule has 1 aliphatic heterocycles. The highest BCUT2D eigenvalue weighted by Crippen LogP contribution is 2.30. The van der Waals surface area contributed by atoms with Crippen LogP contribution in [0.1, 0.15) is 28.8 Å². The molecular weight excluding hydrogens is 500 g/mol. The van der Waals surface area contributed by atoms with Gasteiger partial charge in [-0.2, -0.15) is 5.26 Å². The zero-order valence-electron chi connectivity index (χ0n) is 21.2. The molecule has 4 N–H and O–H groups in total. The summed E-state index contributed by atoms with van der Waals surface area (Å²) < 4.78 is 0.271. The number of fused-ring (bicyclic) bond motifs is 1. The maximum absolute atomic E-state index is 12.6. The van der Waals surface area contributed by atoms with Crippen molar-refractivity contribution in [1.29, 1.82) is 5.26 Å². The highest BCUT2D eigenvalue weighted by Gasteiger charge is 2.28. The van der Waals surface area contributed by atoms with E-state index in [1.165, 1.54) is 6.08 Å². The lowest BCUT2D eigenvalue weighted by Gasteiger charge is -2.27. The molecule has 1 aromatic carbocycles. The molecule has 3 heterocycles. The van der Waals surface area contributed by atoms with E-state index in [2.05, 4.69) is 41.8 Å². The number of rotatable bonds is 9. The van der Waals surface area contributed by atoms with Crippen LogP contribution < -0.4 is 16.0 Å². The standard InChI is InChI=1S/C26H24N10O3/c1-4-17-7-5-8-18(11-17)31-25-19-12-22(28-14-20(19)29-16-30-25)33-24(37)9-6-10-36(2,3)15-21-26(35(38)39)34-23(13-27)32-21/h1,5-9,11-12,14,16,25,31H,10,15H2,2-3H3,(H2-,28,29,30,32,33,34,37)/p+1/b9-6+. The molecule has 3 aromatic rings. The number of aromatic amines is 1. The largest absolute Gasteiger partial charge is 0.392 e. The maximum Gasteiger partial charge on any atom is 0.392 e. The van der Waals surface area contributed by atoms with Crippen LogP contribution in [0.3, 0.4) is 0 Å². The Morgan fingerprint density at radius 2 is 2.18 bits per heavy atom. The number of hydrogen-bond acceptors (Lipinski definition) is 9. The van der Waals surface area contributed by atoms with E-state index >= 15 is 0 Å². The van der Waals surface area contributed by atoms with Gasteiger partial charge in [0.15, 0.2) is 11.8 Å². The van der Waals surface area contributed by atoms with Gasteiger partial charge in [-0.15, -0.1) is 6.42 Å². The van der Waals surface area contributed by atoms with Gasteiger partial charge in [0, 0.05) is 22.9 Å². The molecule has 13 heteroatoms. The molecule has 39 heavy (non-hydrogen) atoms. The zero-order valence-corrected chi connectivity index (χ0v) is 21.2. The fraction of sp³-hybridized carbons (Fsp3) is 0.192. The molecule has 13 nitrogen and oxygen atoms in total. The maximum atomic E-state index is 12.6. The molecule has 0 fully saturated rings. The van der Waals surface area contributed by atoms with Crippen molar-refractivity contribution in [2.75, 3.05) is 31.3 Å². The van der Waals surface area contributed by atoms with Crippen molar-refractivity contribution >= 4 is 35.3 Å². The summed E-state index contributed by atoms with van der Waals surface area (Å²) in [5, 5.41) is 29.5. The van der Waals surface area contributed by atoms with E-state index in [-0.39, 0.29) is 40.4 Å². The number of H-pyrrole nitrogens is 1. The zero-order chi connectivity index (χ0) is 28.0. The average molecular weight is 526 g/mol. The topological polar surface area (TPSA) is 174 Å². The van der Waals surface area contributed by atoms with Gasteiger partial charge in [0.05, 0.1) is 38.9 Å². The average Bonchev–Trinajstić information content (AvgIpc) is 3.31. The number of carbonyl (C=O) groups is 1. The van der Waals surface area contributed by atoms with E-state index < -0.39 is 4.92 Å². The number of imidazole rings is 1. The highest BCUT2D eigenvalue weighted by molar-refractivity contribution is 5.98. The Morgan fingerprint density at radius 3 is 2.92 bits per heavy atom. The molecule has 1 aliphatic rings. The van der Waals surface area contributed by atoms with Crippen LogP contribution in [0.15, 0.2) is 53.7 Å². The van der Waals surface area contributed by atoms with E-state index in [0.717, 1.165) is 16.8 Å². The van der Waals surface area contributed by atoms with Gasteiger partial charge in [-0.3, -0.25) is 4.79 Å². The van der Waals surface area contributed by atoms with Crippen molar-refractivity contribution < 1.29 is 14.2 Å². The van der Waals surface area contributed by atoms with Crippen LogP contribution in [-0.4, -0.2) is 57.2 Å². The second kappa shape index (κ2) is 11.2. The summed E-state index contributed by atoms with van der Waals surface area (Å²) in [5.74, 6) is 2.06. The summed E-state index contributed by atoms with van der Waals surface area (Å²) in [7, 11) is 3.67. The van der Waals surface area contributed by atoms with Crippen LogP contribution >= 0.6 is 0 Å². The fourth-order valence-corrected chi connectivity index (χ4v) is 3.95. The van der Waals surface area contributed by atoms with Gasteiger partial charge in [-0.05, 0) is 40.2 Å². The Labute approximate surface area is 224 Å². The van der Waals surface area contributed by atoms with Gasteiger partial charge in [0.1, 0.15) is 18.5 Å². The summed E-state index contributed by atoms with van der Waals surface area (Å²) in [4.78, 5) is 38.2. The van der Waals surface area contributed by atoms with Crippen LogP contribution in [0.2, 0.25) is 0 Å². The predicted molar refractivity (Wildman–Crippen MR) is 145 cm³/mol. The third-order valence-corrected chi connectivity index (χ3v) is 5.75. The summed E-state index contributed by atoms with van der Waals surface area (Å²) in [6, 6.07) is 11.0. The normalized spacial score (nSPS) is 14.1. The van der Waals surface area contributed by atoms with Gasteiger partial charge < -0.3 is 35.5 Å². The second-order valence-corrected chi connectivity index (χ2v) is 9.28. The molecule has 0 aliphatic carbocycles. The first-order chi connectivity index (χ1) is 18.7. The first-order valence-corrected chi connectivity index (χ1v) is 11.7. The minimum atomic E-state index is -0.628. The fourth-order valence-electron chi connectivity index (χ4n) is 3.95. The van der Waals surface area contributed by atoms with Crippen LogP contribution in [0.25, 0.3) is 0 Å². The summed E-state index contributed by atoms with van der Waals surface area (Å²) in [6.45, 7) is 0.583. The van der Waals surface area contributed by atoms with E-state index in [0.29, 0.717) is 18.1 Å². The van der Waals surface area contributed by atoms with Gasteiger partial charge in [-0.25, -0.2) is 9.98 Å². The van der Waals surface area contributed by atoms with Crippen LogP contribution in [-0.2, 0) is 11.3 Å². The van der Waals surface area contributed by atoms with Crippen LogP contribution in [0.4, 0.5) is 23.0 Å². The van der Waals surface area contributed by atoms with E-state index in [1.54, 1.807) is 30.7 Å². The van der Waals surface area contributed by atoms with Crippen molar-refractivity contribution in [2.45, 2.75) is 12.7 Å². The number of amides is 1. The van der Waals surface area contributed by atoms with Gasteiger partial charge in [0.25, 0.3) is 0 Å². The summed E-state index contributed by atoms with van der Waals surface area (Å²) in [6.07, 6.45) is 11.4. The van der Waals surface area contributed by atoms with Crippen molar-refractivity contribution in [2.24, 2.45) is 4.99 Å². The van der Waals surface area contributed by atoms with Crippen molar-refractivity contribution in [3.8, 4) is 18.4 Å². The second-order valence-electron chi connectivity index (χ2n) is 9.28. The molecule has 0 radical (unpaired) electrons. The van der Waals surface area contributed by atoms with Gasteiger partial charge in [-0.1, -0.05) is 12.0 Å². The first-order valence-electron chi connectivity index (χ1n) is 11.7. The quantitative estimate of drug-likeness (QED) is 0.108. The van der Waals surface area contributed by atoms with Crippen LogP contribution in [0, 0.1) is 33.8 Å². The Kier molecular flexibility index (Phi) is 7.65. The lowest BCUT2D eigenvalue weighted by atomic mass is 10.1. The molecule has 1 atom stereocenters. The minimum absolute atomic E-state index is 0.122. The number of pyridine rings is 1. The number of likely N-dealkylation sites (N-methyl/N-ethyl adjacent to an activating group) is 1. The molecule has 4 rings (SSSR count). The molecular formula is C26H25N10O3+. The Balaban J connectivity index is 1.40. The summed E-state index contributed by atoms with van der Waals surface area (Å²) in [5.41, 5.74) is 3.24. The molecule has 0 saturated heterocycles. The van der Waals surface area contributed by atoms with Gasteiger partial charge >= 0.3 is 11.6 Å². The number of terminal acetylenes is 1. The lowest BCUT2D eigenvalue weighted by Crippen LogP contribution is -2.39. The molecule has 196 valence electrons.